The molecular weight excluding hydrogens is 257 g/mol. The van der Waals surface area contributed by atoms with Crippen LogP contribution in [0.3, 0.4) is 0 Å². The van der Waals surface area contributed by atoms with E-state index < -0.39 is 7.82 Å². The molecule has 8 heteroatoms. The highest BCUT2D eigenvalue weighted by Gasteiger charge is 2.00. The molecule has 0 radical (unpaired) electrons. The Bertz CT molecular complexity index is 663. The summed E-state index contributed by atoms with van der Waals surface area (Å²) in [5.74, 6) is 0. The Kier molecular flexibility index (Phi) is 3.40. The predicted molar refractivity (Wildman–Crippen MR) is 65.7 cm³/mol. The zero-order valence-electron chi connectivity index (χ0n) is 9.06. The number of nitrogens with one attached hydrogen (secondary N) is 1. The van der Waals surface area contributed by atoms with Gasteiger partial charge in [-0.05, 0) is 24.3 Å². The molecule has 3 aromatic rings. The summed E-state index contributed by atoms with van der Waals surface area (Å²) in [6.07, 6.45) is 3.64. The van der Waals surface area contributed by atoms with E-state index >= 15 is 0 Å². The number of H-pyrrole nitrogens is 1. The summed E-state index contributed by atoms with van der Waals surface area (Å²) >= 11 is 0. The summed E-state index contributed by atoms with van der Waals surface area (Å²) < 4.78 is 8.88. The van der Waals surface area contributed by atoms with Crippen molar-refractivity contribution < 1.29 is 19.2 Å². The van der Waals surface area contributed by atoms with Gasteiger partial charge in [0.05, 0.1) is 11.0 Å². The average Bonchev–Trinajstić information content (AvgIpc) is 2.70. The van der Waals surface area contributed by atoms with E-state index in [-0.39, 0.29) is 0 Å². The lowest BCUT2D eigenvalue weighted by Crippen LogP contribution is -1.82. The number of hydrogen-bond acceptors (Lipinski definition) is 3. The zero-order chi connectivity index (χ0) is 13.2. The van der Waals surface area contributed by atoms with Crippen molar-refractivity contribution in [1.82, 2.24) is 15.0 Å². The molecule has 0 aliphatic rings. The molecule has 3 rings (SSSR count). The van der Waals surface area contributed by atoms with Crippen LogP contribution in [0.25, 0.3) is 22.1 Å². The van der Waals surface area contributed by atoms with Crippen molar-refractivity contribution in [3.63, 3.8) is 0 Å². The van der Waals surface area contributed by atoms with Gasteiger partial charge in [0.25, 0.3) is 0 Å². The summed E-state index contributed by atoms with van der Waals surface area (Å²) in [5, 5.41) is 1.07. The molecule has 0 bridgehead atoms. The highest BCUT2D eigenvalue weighted by Crippen LogP contribution is 2.25. The van der Waals surface area contributed by atoms with Crippen LogP contribution in [-0.2, 0) is 4.57 Å². The summed E-state index contributed by atoms with van der Waals surface area (Å²) in [5.41, 5.74) is 2.82. The first-order valence-electron chi connectivity index (χ1n) is 4.90. The van der Waals surface area contributed by atoms with Gasteiger partial charge < -0.3 is 19.7 Å². The van der Waals surface area contributed by atoms with Gasteiger partial charge in [-0.2, -0.15) is 0 Å². The normalized spacial score (nSPS) is 11.3. The van der Waals surface area contributed by atoms with Gasteiger partial charge >= 0.3 is 7.82 Å². The van der Waals surface area contributed by atoms with Crippen molar-refractivity contribution >= 4 is 29.9 Å². The minimum absolute atomic E-state index is 0.801. The monoisotopic (exact) mass is 267 g/mol. The summed E-state index contributed by atoms with van der Waals surface area (Å²) in [6, 6.07) is 7.93. The molecular formula is C10H10N3O4P. The number of aromatic amines is 1. The van der Waals surface area contributed by atoms with Crippen LogP contribution in [0.2, 0.25) is 0 Å². The van der Waals surface area contributed by atoms with Gasteiger partial charge in [-0.3, -0.25) is 0 Å². The molecule has 4 N–H and O–H groups in total. The molecule has 0 aromatic carbocycles. The Morgan fingerprint density at radius 3 is 2.67 bits per heavy atom. The van der Waals surface area contributed by atoms with E-state index in [9.17, 15) is 0 Å². The predicted octanol–water partition coefficient (Wildman–Crippen LogP) is 1.18. The maximum atomic E-state index is 8.88. The van der Waals surface area contributed by atoms with Gasteiger partial charge in [0.2, 0.25) is 0 Å². The molecule has 0 atom stereocenters. The molecule has 3 heterocycles. The van der Waals surface area contributed by atoms with Crippen molar-refractivity contribution in [3.05, 3.63) is 36.7 Å². The number of hydrogen-bond donors (Lipinski definition) is 4. The quantitative estimate of drug-likeness (QED) is 0.454. The van der Waals surface area contributed by atoms with Crippen molar-refractivity contribution in [1.29, 1.82) is 0 Å². The average molecular weight is 267 g/mol. The SMILES string of the molecule is O=P(O)(O)O.c1cnc2nc3cc[nH]c3cc2c1. The fourth-order valence-corrected chi connectivity index (χ4v) is 1.47. The second kappa shape index (κ2) is 4.83. The largest absolute Gasteiger partial charge is 0.466 e. The van der Waals surface area contributed by atoms with Gasteiger partial charge in [0, 0.05) is 17.8 Å². The van der Waals surface area contributed by atoms with E-state index in [0.29, 0.717) is 0 Å². The first-order valence-corrected chi connectivity index (χ1v) is 6.47. The Hall–Kier alpha value is -1.79. The van der Waals surface area contributed by atoms with Crippen molar-refractivity contribution in [2.75, 3.05) is 0 Å². The van der Waals surface area contributed by atoms with E-state index in [1.807, 2.05) is 24.4 Å². The van der Waals surface area contributed by atoms with Crippen molar-refractivity contribution in [2.24, 2.45) is 0 Å². The number of aromatic nitrogens is 3. The van der Waals surface area contributed by atoms with E-state index in [2.05, 4.69) is 21.0 Å². The van der Waals surface area contributed by atoms with Crippen LogP contribution in [0.5, 0.6) is 0 Å². The van der Waals surface area contributed by atoms with Crippen molar-refractivity contribution in [3.8, 4) is 0 Å². The number of pyridine rings is 2. The van der Waals surface area contributed by atoms with Crippen LogP contribution in [-0.4, -0.2) is 29.6 Å². The lowest BCUT2D eigenvalue weighted by Gasteiger charge is -1.94. The van der Waals surface area contributed by atoms with E-state index in [4.69, 9.17) is 19.2 Å². The fraction of sp³-hybridized carbons (Fsp3) is 0. The minimum Gasteiger partial charge on any atom is -0.360 e. The Labute approximate surface area is 101 Å². The van der Waals surface area contributed by atoms with Gasteiger partial charge in [-0.25, -0.2) is 14.5 Å². The van der Waals surface area contributed by atoms with Gasteiger partial charge in [0.1, 0.15) is 0 Å². The molecule has 7 nitrogen and oxygen atoms in total. The maximum Gasteiger partial charge on any atom is 0.466 e. The van der Waals surface area contributed by atoms with Gasteiger partial charge in [0.15, 0.2) is 5.65 Å². The van der Waals surface area contributed by atoms with Crippen LogP contribution >= 0.6 is 7.82 Å². The van der Waals surface area contributed by atoms with Crippen LogP contribution in [0.4, 0.5) is 0 Å². The molecule has 94 valence electrons. The first kappa shape index (κ1) is 12.7. The molecule has 0 aliphatic carbocycles. The molecule has 3 aromatic heterocycles. The second-order valence-corrected chi connectivity index (χ2v) is 4.49. The maximum absolute atomic E-state index is 8.88. The first-order chi connectivity index (χ1) is 8.43. The molecule has 0 amide bonds. The second-order valence-electron chi connectivity index (χ2n) is 3.46. The van der Waals surface area contributed by atoms with E-state index in [1.54, 1.807) is 6.20 Å². The van der Waals surface area contributed by atoms with Crippen LogP contribution < -0.4 is 0 Å². The lowest BCUT2D eigenvalue weighted by atomic mass is 10.2. The molecule has 0 unspecified atom stereocenters. The molecule has 0 saturated heterocycles. The number of fused-ring (bicyclic) bond motifs is 2. The number of nitrogens with zero attached hydrogens (tertiary/aromatic N) is 2. The molecule has 0 spiro atoms. The van der Waals surface area contributed by atoms with E-state index in [0.717, 1.165) is 22.1 Å². The number of rotatable bonds is 0. The minimum atomic E-state index is -4.64. The highest BCUT2D eigenvalue weighted by atomic mass is 31.2. The molecule has 18 heavy (non-hydrogen) atoms. The molecule has 0 aliphatic heterocycles. The van der Waals surface area contributed by atoms with Gasteiger partial charge in [-0.1, -0.05) is 0 Å². The smallest absolute Gasteiger partial charge is 0.360 e. The Morgan fingerprint density at radius 1 is 1.22 bits per heavy atom. The topological polar surface area (TPSA) is 119 Å². The Balaban J connectivity index is 0.000000209. The third-order valence-electron chi connectivity index (χ3n) is 2.10. The Morgan fingerprint density at radius 2 is 1.94 bits per heavy atom. The standard InChI is InChI=1S/C10H7N3.H3O4P/c1-2-7-6-9-8(3-5-11-9)13-10(7)12-4-1;1-5(2,3)4/h1-6,11H;(H3,1,2,3,4). The van der Waals surface area contributed by atoms with Crippen molar-refractivity contribution in [2.45, 2.75) is 0 Å². The molecule has 0 fully saturated rings. The fourth-order valence-electron chi connectivity index (χ4n) is 1.47. The summed E-state index contributed by atoms with van der Waals surface area (Å²) in [4.78, 5) is 33.3. The molecule has 0 saturated carbocycles. The van der Waals surface area contributed by atoms with Crippen LogP contribution in [0, 0.1) is 0 Å². The lowest BCUT2D eigenvalue weighted by molar-refractivity contribution is 0.275. The third-order valence-corrected chi connectivity index (χ3v) is 2.10. The highest BCUT2D eigenvalue weighted by molar-refractivity contribution is 7.45. The third kappa shape index (κ3) is 3.35. The number of phosphoric acid groups is 1. The van der Waals surface area contributed by atoms with E-state index in [1.165, 1.54) is 0 Å². The van der Waals surface area contributed by atoms with Crippen LogP contribution in [0.1, 0.15) is 0 Å². The summed E-state index contributed by atoms with van der Waals surface area (Å²) in [7, 11) is -4.64. The van der Waals surface area contributed by atoms with Gasteiger partial charge in [-0.15, -0.1) is 0 Å². The zero-order valence-corrected chi connectivity index (χ0v) is 9.95. The van der Waals surface area contributed by atoms with Crippen LogP contribution in [0.15, 0.2) is 36.7 Å². The summed E-state index contributed by atoms with van der Waals surface area (Å²) in [6.45, 7) is 0.